The van der Waals surface area contributed by atoms with E-state index in [0.717, 1.165) is 32.4 Å². The minimum Gasteiger partial charge on any atom is -0.342 e. The van der Waals surface area contributed by atoms with Gasteiger partial charge in [0, 0.05) is 19.5 Å². The maximum absolute atomic E-state index is 12.8. The summed E-state index contributed by atoms with van der Waals surface area (Å²) in [6.45, 7) is 1.60. The molecular weight excluding hydrogens is 382 g/mol. The normalized spacial score (nSPS) is 19.0. The maximum Gasteiger partial charge on any atom is 0.258 e. The van der Waals surface area contributed by atoms with Crippen LogP contribution >= 0.6 is 11.6 Å². The number of rotatable bonds is 3. The predicted molar refractivity (Wildman–Crippen MR) is 107 cm³/mol. The largest absolute Gasteiger partial charge is 0.342 e. The van der Waals surface area contributed by atoms with Crippen molar-refractivity contribution in [2.24, 2.45) is 0 Å². The molecule has 0 saturated carbocycles. The number of benzene rings is 1. The Morgan fingerprint density at radius 2 is 1.93 bits per heavy atom. The number of carbonyl (C=O) groups excluding carboxylic acids is 2. The molecule has 3 N–H and O–H groups in total. The van der Waals surface area contributed by atoms with Crippen molar-refractivity contribution in [1.82, 2.24) is 9.97 Å². The van der Waals surface area contributed by atoms with Gasteiger partial charge in [0.05, 0.1) is 22.2 Å². The average Bonchev–Trinajstić information content (AvgIpc) is 2.69. The molecule has 1 saturated heterocycles. The standard InChI is InChI=1S/C19H20ClN5O3/c20-12-6-2-3-7-13(12)21-17(27)11-10-14(26)22-16-15(11)18(28)24-19(23-16)25-8-4-1-5-9-25/h2-3,6-7,11H,1,4-5,8-10H2,(H,21,27)(H2,22,23,24,26,28)/t11-/m0/s1. The fourth-order valence-corrected chi connectivity index (χ4v) is 3.80. The lowest BCUT2D eigenvalue weighted by Crippen LogP contribution is -2.38. The van der Waals surface area contributed by atoms with E-state index in [9.17, 15) is 14.4 Å². The molecule has 2 amide bonds. The van der Waals surface area contributed by atoms with Crippen LogP contribution in [0.1, 0.15) is 37.2 Å². The molecule has 8 nitrogen and oxygen atoms in total. The van der Waals surface area contributed by atoms with Crippen LogP contribution < -0.4 is 21.1 Å². The zero-order valence-electron chi connectivity index (χ0n) is 15.1. The molecule has 0 bridgehead atoms. The quantitative estimate of drug-likeness (QED) is 0.732. The fraction of sp³-hybridized carbons (Fsp3) is 0.368. The molecule has 0 unspecified atom stereocenters. The molecule has 1 atom stereocenters. The van der Waals surface area contributed by atoms with E-state index in [1.165, 1.54) is 0 Å². The van der Waals surface area contributed by atoms with Gasteiger partial charge in [0.15, 0.2) is 0 Å². The van der Waals surface area contributed by atoms with Crippen molar-refractivity contribution in [2.75, 3.05) is 28.6 Å². The number of para-hydroxylation sites is 1. The molecule has 4 rings (SSSR count). The Morgan fingerprint density at radius 3 is 2.68 bits per heavy atom. The van der Waals surface area contributed by atoms with Crippen molar-refractivity contribution in [1.29, 1.82) is 0 Å². The van der Waals surface area contributed by atoms with Crippen LogP contribution in [-0.2, 0) is 9.59 Å². The highest BCUT2D eigenvalue weighted by atomic mass is 35.5. The number of carbonyl (C=O) groups is 2. The number of aromatic nitrogens is 2. The smallest absolute Gasteiger partial charge is 0.258 e. The van der Waals surface area contributed by atoms with E-state index in [0.29, 0.717) is 16.7 Å². The van der Waals surface area contributed by atoms with Crippen LogP contribution in [-0.4, -0.2) is 34.9 Å². The molecule has 2 aromatic rings. The molecular formula is C19H20ClN5O3. The van der Waals surface area contributed by atoms with E-state index in [1.54, 1.807) is 24.3 Å². The van der Waals surface area contributed by atoms with E-state index >= 15 is 0 Å². The van der Waals surface area contributed by atoms with Crippen molar-refractivity contribution in [3.05, 3.63) is 45.2 Å². The van der Waals surface area contributed by atoms with Crippen LogP contribution in [0.3, 0.4) is 0 Å². The second-order valence-corrected chi connectivity index (χ2v) is 7.38. The number of hydrogen-bond donors (Lipinski definition) is 3. The fourth-order valence-electron chi connectivity index (χ4n) is 3.62. The Balaban J connectivity index is 1.66. The van der Waals surface area contributed by atoms with Gasteiger partial charge in [-0.05, 0) is 31.4 Å². The third-order valence-electron chi connectivity index (χ3n) is 5.04. The van der Waals surface area contributed by atoms with Crippen LogP contribution in [0.15, 0.2) is 29.1 Å². The van der Waals surface area contributed by atoms with Gasteiger partial charge in [0.25, 0.3) is 5.56 Å². The maximum atomic E-state index is 12.8. The Labute approximate surface area is 166 Å². The molecule has 0 radical (unpaired) electrons. The van der Waals surface area contributed by atoms with Crippen LogP contribution in [0, 0.1) is 0 Å². The van der Waals surface area contributed by atoms with Crippen molar-refractivity contribution in [3.63, 3.8) is 0 Å². The van der Waals surface area contributed by atoms with Gasteiger partial charge in [-0.2, -0.15) is 4.98 Å². The average molecular weight is 402 g/mol. The first-order chi connectivity index (χ1) is 13.5. The van der Waals surface area contributed by atoms with E-state index < -0.39 is 17.4 Å². The van der Waals surface area contributed by atoms with E-state index in [4.69, 9.17) is 11.6 Å². The van der Waals surface area contributed by atoms with Gasteiger partial charge in [-0.1, -0.05) is 23.7 Å². The lowest BCUT2D eigenvalue weighted by atomic mass is 9.92. The number of piperidine rings is 1. The number of fused-ring (bicyclic) bond motifs is 1. The lowest BCUT2D eigenvalue weighted by molar-refractivity contribution is -0.123. The summed E-state index contributed by atoms with van der Waals surface area (Å²) >= 11 is 6.09. The van der Waals surface area contributed by atoms with Gasteiger partial charge in [-0.15, -0.1) is 0 Å². The first kappa shape index (κ1) is 18.5. The summed E-state index contributed by atoms with van der Waals surface area (Å²) in [5, 5.41) is 5.72. The molecule has 1 aromatic carbocycles. The number of halogens is 1. The van der Waals surface area contributed by atoms with Gasteiger partial charge in [-0.3, -0.25) is 19.4 Å². The number of amides is 2. The first-order valence-electron chi connectivity index (χ1n) is 9.27. The third kappa shape index (κ3) is 3.60. The van der Waals surface area contributed by atoms with Gasteiger partial charge in [0.1, 0.15) is 5.82 Å². The second-order valence-electron chi connectivity index (χ2n) is 6.97. The van der Waals surface area contributed by atoms with Crippen molar-refractivity contribution in [2.45, 2.75) is 31.6 Å². The van der Waals surface area contributed by atoms with Gasteiger partial charge >= 0.3 is 0 Å². The van der Waals surface area contributed by atoms with Gasteiger partial charge in [-0.25, -0.2) is 0 Å². The summed E-state index contributed by atoms with van der Waals surface area (Å²) in [6, 6.07) is 6.80. The van der Waals surface area contributed by atoms with Crippen LogP contribution in [0.4, 0.5) is 17.5 Å². The zero-order chi connectivity index (χ0) is 19.7. The molecule has 146 valence electrons. The molecule has 2 aliphatic heterocycles. The molecule has 1 fully saturated rings. The molecule has 0 aliphatic carbocycles. The molecule has 9 heteroatoms. The van der Waals surface area contributed by atoms with E-state index in [2.05, 4.69) is 20.6 Å². The van der Waals surface area contributed by atoms with Crippen LogP contribution in [0.25, 0.3) is 0 Å². The first-order valence-corrected chi connectivity index (χ1v) is 9.65. The summed E-state index contributed by atoms with van der Waals surface area (Å²) in [5.74, 6) is -1.18. The van der Waals surface area contributed by atoms with E-state index in [1.807, 2.05) is 4.90 Å². The Kier molecular flexibility index (Phi) is 5.04. The highest BCUT2D eigenvalue weighted by Gasteiger charge is 2.35. The van der Waals surface area contributed by atoms with Crippen molar-refractivity contribution >= 4 is 40.9 Å². The predicted octanol–water partition coefficient (Wildman–Crippen LogP) is 2.48. The second kappa shape index (κ2) is 7.63. The van der Waals surface area contributed by atoms with Crippen LogP contribution in [0.5, 0.6) is 0 Å². The number of anilines is 3. The summed E-state index contributed by atoms with van der Waals surface area (Å²) in [5.41, 5.74) is 0.186. The number of nitrogens with one attached hydrogen (secondary N) is 3. The summed E-state index contributed by atoms with van der Waals surface area (Å²) in [7, 11) is 0. The third-order valence-corrected chi connectivity index (χ3v) is 5.37. The Bertz CT molecular complexity index is 984. The van der Waals surface area contributed by atoms with Crippen molar-refractivity contribution < 1.29 is 9.59 Å². The SMILES string of the molecule is O=C1C[C@H](C(=O)Nc2ccccc2Cl)c2c(nc(N3CCCCC3)[nH]c2=O)N1. The number of aromatic amines is 1. The van der Waals surface area contributed by atoms with Gasteiger partial charge < -0.3 is 15.5 Å². The Morgan fingerprint density at radius 1 is 1.18 bits per heavy atom. The molecule has 3 heterocycles. The lowest BCUT2D eigenvalue weighted by Gasteiger charge is -2.29. The van der Waals surface area contributed by atoms with Gasteiger partial charge in [0.2, 0.25) is 17.8 Å². The number of H-pyrrole nitrogens is 1. The minimum absolute atomic E-state index is 0.128. The summed E-state index contributed by atoms with van der Waals surface area (Å²) in [4.78, 5) is 47.0. The highest BCUT2D eigenvalue weighted by molar-refractivity contribution is 6.33. The topological polar surface area (TPSA) is 107 Å². The minimum atomic E-state index is -0.938. The molecule has 28 heavy (non-hydrogen) atoms. The summed E-state index contributed by atoms with van der Waals surface area (Å²) < 4.78 is 0. The molecule has 2 aliphatic rings. The molecule has 0 spiro atoms. The summed E-state index contributed by atoms with van der Waals surface area (Å²) in [6.07, 6.45) is 3.07. The van der Waals surface area contributed by atoms with Crippen LogP contribution in [0.2, 0.25) is 5.02 Å². The highest BCUT2D eigenvalue weighted by Crippen LogP contribution is 2.31. The number of nitrogens with zero attached hydrogens (tertiary/aromatic N) is 2. The Hall–Kier alpha value is -2.87. The number of hydrogen-bond acceptors (Lipinski definition) is 5. The van der Waals surface area contributed by atoms with Crippen molar-refractivity contribution in [3.8, 4) is 0 Å². The zero-order valence-corrected chi connectivity index (χ0v) is 15.9. The molecule has 1 aromatic heterocycles. The van der Waals surface area contributed by atoms with E-state index in [-0.39, 0.29) is 23.7 Å². The monoisotopic (exact) mass is 401 g/mol.